The van der Waals surface area contributed by atoms with Gasteiger partial charge in [-0.15, -0.1) is 0 Å². The molecule has 0 unspecified atom stereocenters. The minimum absolute atomic E-state index is 0.0401. The van der Waals surface area contributed by atoms with Crippen molar-refractivity contribution in [1.29, 1.82) is 0 Å². The minimum atomic E-state index is -3.71. The Morgan fingerprint density at radius 3 is 2.83 bits per heavy atom. The third-order valence-electron chi connectivity index (χ3n) is 1.94. The maximum Gasteiger partial charge on any atom is 0.263 e. The molecule has 0 amide bonds. The van der Waals surface area contributed by atoms with Crippen LogP contribution >= 0.6 is 11.5 Å². The number of pyridine rings is 1. The van der Waals surface area contributed by atoms with E-state index in [0.29, 0.717) is 5.82 Å². The average molecular weight is 286 g/mol. The van der Waals surface area contributed by atoms with Crippen molar-refractivity contribution in [2.45, 2.75) is 11.8 Å². The highest BCUT2D eigenvalue weighted by molar-refractivity contribution is 7.93. The van der Waals surface area contributed by atoms with Crippen LogP contribution in [0.2, 0.25) is 0 Å². The molecule has 0 fully saturated rings. The Morgan fingerprint density at radius 2 is 2.22 bits per heavy atom. The molecule has 0 atom stereocenters. The predicted octanol–water partition coefficient (Wildman–Crippen LogP) is 0.328. The van der Waals surface area contributed by atoms with Crippen molar-refractivity contribution in [3.8, 4) is 0 Å². The zero-order valence-corrected chi connectivity index (χ0v) is 10.9. The summed E-state index contributed by atoms with van der Waals surface area (Å²) in [5, 5.41) is 0.214. The van der Waals surface area contributed by atoms with Gasteiger partial charge in [0.2, 0.25) is 5.13 Å². The first-order chi connectivity index (χ1) is 8.51. The van der Waals surface area contributed by atoms with Crippen molar-refractivity contribution in [2.24, 2.45) is 5.84 Å². The molecule has 0 radical (unpaired) electrons. The largest absolute Gasteiger partial charge is 0.308 e. The maximum absolute atomic E-state index is 12.0. The second-order valence-corrected chi connectivity index (χ2v) is 5.71. The fourth-order valence-electron chi connectivity index (χ4n) is 1.17. The van der Waals surface area contributed by atoms with E-state index in [1.165, 1.54) is 18.3 Å². The number of hydrazine groups is 1. The monoisotopic (exact) mass is 286 g/mol. The van der Waals surface area contributed by atoms with E-state index in [4.69, 9.17) is 5.84 Å². The highest BCUT2D eigenvalue weighted by atomic mass is 32.2. The second kappa shape index (κ2) is 4.84. The average Bonchev–Trinajstić information content (AvgIpc) is 2.74. The van der Waals surface area contributed by atoms with E-state index in [0.717, 1.165) is 11.5 Å². The molecule has 2 aromatic rings. The number of nitrogen functional groups attached to an aromatic ring is 1. The van der Waals surface area contributed by atoms with Crippen LogP contribution in [0.25, 0.3) is 0 Å². The van der Waals surface area contributed by atoms with E-state index in [2.05, 4.69) is 24.5 Å². The first kappa shape index (κ1) is 12.7. The molecule has 8 nitrogen and oxygen atoms in total. The molecule has 0 spiro atoms. The Balaban J connectivity index is 2.30. The Morgan fingerprint density at radius 1 is 1.44 bits per heavy atom. The molecule has 2 aromatic heterocycles. The number of rotatable bonds is 4. The van der Waals surface area contributed by atoms with E-state index in [1.54, 1.807) is 6.92 Å². The fourth-order valence-corrected chi connectivity index (χ4v) is 2.98. The fraction of sp³-hybridized carbons (Fsp3) is 0.125. The molecular weight excluding hydrogens is 276 g/mol. The molecule has 2 rings (SSSR count). The van der Waals surface area contributed by atoms with Gasteiger partial charge in [-0.3, -0.25) is 4.72 Å². The van der Waals surface area contributed by atoms with Gasteiger partial charge in [0.1, 0.15) is 11.6 Å². The van der Waals surface area contributed by atoms with Crippen molar-refractivity contribution in [3.05, 3.63) is 24.2 Å². The normalized spacial score (nSPS) is 11.2. The van der Waals surface area contributed by atoms with E-state index in [1.807, 2.05) is 0 Å². The van der Waals surface area contributed by atoms with Crippen LogP contribution in [-0.2, 0) is 10.0 Å². The molecule has 0 aliphatic heterocycles. The summed E-state index contributed by atoms with van der Waals surface area (Å²) < 4.78 is 30.2. The smallest absolute Gasteiger partial charge is 0.263 e. The summed E-state index contributed by atoms with van der Waals surface area (Å²) in [6, 6.07) is 2.67. The SMILES string of the molecule is Cc1nsc(NS(=O)(=O)c2ccnc(NN)c2)n1. The number of nitrogens with two attached hydrogens (primary N) is 1. The molecule has 96 valence electrons. The molecule has 10 heteroatoms. The van der Waals surface area contributed by atoms with Crippen LogP contribution < -0.4 is 16.0 Å². The quantitative estimate of drug-likeness (QED) is 0.546. The van der Waals surface area contributed by atoms with Crippen LogP contribution in [-0.4, -0.2) is 22.8 Å². The van der Waals surface area contributed by atoms with Gasteiger partial charge in [0.25, 0.3) is 10.0 Å². The molecule has 0 saturated heterocycles. The van der Waals surface area contributed by atoms with E-state index < -0.39 is 10.0 Å². The van der Waals surface area contributed by atoms with Crippen LogP contribution in [0.3, 0.4) is 0 Å². The second-order valence-electron chi connectivity index (χ2n) is 3.27. The maximum atomic E-state index is 12.0. The lowest BCUT2D eigenvalue weighted by Crippen LogP contribution is -2.14. The van der Waals surface area contributed by atoms with Gasteiger partial charge in [-0.1, -0.05) is 0 Å². The van der Waals surface area contributed by atoms with Crippen LogP contribution in [0.5, 0.6) is 0 Å². The zero-order valence-electron chi connectivity index (χ0n) is 9.28. The summed E-state index contributed by atoms with van der Waals surface area (Å²) in [5.41, 5.74) is 2.28. The minimum Gasteiger partial charge on any atom is -0.308 e. The predicted molar refractivity (Wildman–Crippen MR) is 67.5 cm³/mol. The number of anilines is 2. The van der Waals surface area contributed by atoms with Gasteiger partial charge in [0.15, 0.2) is 0 Å². The molecule has 0 aliphatic rings. The lowest BCUT2D eigenvalue weighted by atomic mass is 10.5. The van der Waals surface area contributed by atoms with Crippen LogP contribution in [0.1, 0.15) is 5.82 Å². The van der Waals surface area contributed by atoms with Gasteiger partial charge in [0, 0.05) is 23.8 Å². The van der Waals surface area contributed by atoms with Gasteiger partial charge in [-0.05, 0) is 13.0 Å². The topological polar surface area (TPSA) is 123 Å². The summed E-state index contributed by atoms with van der Waals surface area (Å²) in [5.74, 6) is 5.94. The molecule has 2 heterocycles. The molecule has 0 aliphatic carbocycles. The number of nitrogens with zero attached hydrogens (tertiary/aromatic N) is 3. The molecule has 0 bridgehead atoms. The number of hydrogen-bond donors (Lipinski definition) is 3. The van der Waals surface area contributed by atoms with Gasteiger partial charge < -0.3 is 5.43 Å². The number of nitrogens with one attached hydrogen (secondary N) is 2. The number of aromatic nitrogens is 3. The van der Waals surface area contributed by atoms with Crippen molar-refractivity contribution < 1.29 is 8.42 Å². The summed E-state index contributed by atoms with van der Waals surface area (Å²) in [7, 11) is -3.71. The first-order valence-corrected chi connectivity index (χ1v) is 7.03. The lowest BCUT2D eigenvalue weighted by Gasteiger charge is -2.05. The van der Waals surface area contributed by atoms with Gasteiger partial charge >= 0.3 is 0 Å². The Kier molecular flexibility index (Phi) is 3.41. The highest BCUT2D eigenvalue weighted by Crippen LogP contribution is 2.18. The summed E-state index contributed by atoms with van der Waals surface area (Å²) >= 11 is 0.974. The Labute approximate surface area is 107 Å². The molecule has 4 N–H and O–H groups in total. The highest BCUT2D eigenvalue weighted by Gasteiger charge is 2.16. The standard InChI is InChI=1S/C8H10N6O2S2/c1-5-11-8(17-13-5)14-18(15,16)6-2-3-10-7(4-6)12-9/h2-4H,9H2,1H3,(H,10,12)(H,11,13,14). The summed E-state index contributed by atoms with van der Waals surface area (Å²) in [6.45, 7) is 1.68. The van der Waals surface area contributed by atoms with Crippen molar-refractivity contribution in [3.63, 3.8) is 0 Å². The Bertz CT molecular complexity index is 653. The number of sulfonamides is 1. The summed E-state index contributed by atoms with van der Waals surface area (Å²) in [6.07, 6.45) is 1.34. The third kappa shape index (κ3) is 2.72. The van der Waals surface area contributed by atoms with Gasteiger partial charge in [-0.25, -0.2) is 24.2 Å². The van der Waals surface area contributed by atoms with E-state index >= 15 is 0 Å². The Hall–Kier alpha value is -1.78. The van der Waals surface area contributed by atoms with Crippen molar-refractivity contribution in [2.75, 3.05) is 10.1 Å². The first-order valence-electron chi connectivity index (χ1n) is 4.77. The van der Waals surface area contributed by atoms with Crippen LogP contribution in [0, 0.1) is 6.92 Å². The zero-order chi connectivity index (χ0) is 13.2. The molecular formula is C8H10N6O2S2. The van der Waals surface area contributed by atoms with Crippen LogP contribution in [0.4, 0.5) is 10.9 Å². The van der Waals surface area contributed by atoms with Crippen molar-refractivity contribution >= 4 is 32.5 Å². The molecule has 0 saturated carbocycles. The van der Waals surface area contributed by atoms with Gasteiger partial charge in [-0.2, -0.15) is 4.37 Å². The third-order valence-corrected chi connectivity index (χ3v) is 4.13. The number of hydrogen-bond acceptors (Lipinski definition) is 8. The van der Waals surface area contributed by atoms with Gasteiger partial charge in [0.05, 0.1) is 4.90 Å². The lowest BCUT2D eigenvalue weighted by molar-refractivity contribution is 0.601. The van der Waals surface area contributed by atoms with Crippen molar-refractivity contribution in [1.82, 2.24) is 14.3 Å². The van der Waals surface area contributed by atoms with E-state index in [9.17, 15) is 8.42 Å². The molecule has 0 aromatic carbocycles. The van der Waals surface area contributed by atoms with E-state index in [-0.39, 0.29) is 15.8 Å². The number of aryl methyl sites for hydroxylation is 1. The summed E-state index contributed by atoms with van der Waals surface area (Å²) in [4.78, 5) is 7.79. The molecule has 18 heavy (non-hydrogen) atoms. The van der Waals surface area contributed by atoms with Crippen LogP contribution in [0.15, 0.2) is 23.2 Å².